The van der Waals surface area contributed by atoms with E-state index in [9.17, 15) is 0 Å². The Morgan fingerprint density at radius 2 is 1.75 bits per heavy atom. The fourth-order valence-corrected chi connectivity index (χ4v) is 5.26. The number of hydrogen-bond acceptors (Lipinski definition) is 2. The number of likely N-dealkylation sites (tertiary alicyclic amines) is 1. The van der Waals surface area contributed by atoms with Crippen LogP contribution in [0.3, 0.4) is 0 Å². The van der Waals surface area contributed by atoms with Crippen molar-refractivity contribution in [3.8, 4) is 0 Å². The molecule has 2 nitrogen and oxygen atoms in total. The summed E-state index contributed by atoms with van der Waals surface area (Å²) in [4.78, 5) is 2.85. The molecule has 2 N–H and O–H groups in total. The van der Waals surface area contributed by atoms with Gasteiger partial charge in [-0.2, -0.15) is 0 Å². The van der Waals surface area contributed by atoms with Gasteiger partial charge in [0.15, 0.2) is 0 Å². The van der Waals surface area contributed by atoms with Crippen LogP contribution < -0.4 is 5.73 Å². The number of nitrogens with two attached hydrogens (primary N) is 1. The summed E-state index contributed by atoms with van der Waals surface area (Å²) in [6.07, 6.45) is 12.8. The first-order valence-corrected chi connectivity index (χ1v) is 9.07. The zero-order chi connectivity index (χ0) is 14.2. The van der Waals surface area contributed by atoms with E-state index in [4.69, 9.17) is 5.73 Å². The molecule has 2 saturated carbocycles. The van der Waals surface area contributed by atoms with Gasteiger partial charge in [-0.3, -0.25) is 4.90 Å². The molecule has 3 fully saturated rings. The molecule has 116 valence electrons. The van der Waals surface area contributed by atoms with Crippen LogP contribution in [0.1, 0.15) is 71.6 Å². The Hall–Kier alpha value is -0.0800. The Labute approximate surface area is 125 Å². The average molecular weight is 278 g/mol. The molecular formula is C18H34N2. The van der Waals surface area contributed by atoms with Crippen molar-refractivity contribution in [1.29, 1.82) is 0 Å². The van der Waals surface area contributed by atoms with Crippen LogP contribution in [0.25, 0.3) is 0 Å². The fourth-order valence-electron chi connectivity index (χ4n) is 5.26. The smallest absolute Gasteiger partial charge is 0.0131 e. The second-order valence-corrected chi connectivity index (χ2v) is 8.42. The molecule has 3 rings (SSSR count). The molecular weight excluding hydrogens is 244 g/mol. The summed E-state index contributed by atoms with van der Waals surface area (Å²) in [5, 5.41) is 0. The van der Waals surface area contributed by atoms with E-state index in [1.165, 1.54) is 70.9 Å². The molecule has 2 unspecified atom stereocenters. The van der Waals surface area contributed by atoms with Crippen molar-refractivity contribution < 1.29 is 0 Å². The van der Waals surface area contributed by atoms with Crippen LogP contribution >= 0.6 is 0 Å². The van der Waals surface area contributed by atoms with Crippen LogP contribution in [0, 0.1) is 17.3 Å². The lowest BCUT2D eigenvalue weighted by atomic mass is 9.68. The molecule has 0 radical (unpaired) electrons. The van der Waals surface area contributed by atoms with Crippen molar-refractivity contribution in [2.75, 3.05) is 13.1 Å². The normalized spacial score (nSPS) is 42.1. The predicted molar refractivity (Wildman–Crippen MR) is 85.7 cm³/mol. The lowest BCUT2D eigenvalue weighted by Crippen LogP contribution is -2.54. The number of fused-ring (bicyclic) bond motifs is 1. The van der Waals surface area contributed by atoms with Crippen LogP contribution in [0.5, 0.6) is 0 Å². The molecule has 0 aromatic heterocycles. The maximum atomic E-state index is 6.62. The van der Waals surface area contributed by atoms with E-state index in [0.717, 1.165) is 17.9 Å². The lowest BCUT2D eigenvalue weighted by Gasteiger charge is -2.48. The summed E-state index contributed by atoms with van der Waals surface area (Å²) < 4.78 is 0. The topological polar surface area (TPSA) is 29.3 Å². The third kappa shape index (κ3) is 2.92. The second-order valence-electron chi connectivity index (χ2n) is 8.42. The number of rotatable bonds is 2. The Morgan fingerprint density at radius 3 is 2.60 bits per heavy atom. The Morgan fingerprint density at radius 1 is 1.00 bits per heavy atom. The molecule has 1 aliphatic heterocycles. The quantitative estimate of drug-likeness (QED) is 0.832. The minimum absolute atomic E-state index is 0.352. The molecule has 0 bridgehead atoms. The standard InChI is InChI=1S/C18H34N2/c1-18(2)11-5-8-15(17(18)19)13-20-12-6-9-14-7-3-4-10-16(14)20/h14-17H,3-13,19H2,1-2H3/t14-,15?,16-,17?/m1/s1. The molecule has 0 aromatic carbocycles. The minimum atomic E-state index is 0.352. The van der Waals surface area contributed by atoms with Gasteiger partial charge in [0, 0.05) is 18.6 Å². The van der Waals surface area contributed by atoms with Gasteiger partial charge in [0.1, 0.15) is 0 Å². The van der Waals surface area contributed by atoms with E-state index >= 15 is 0 Å². The molecule has 20 heavy (non-hydrogen) atoms. The van der Waals surface area contributed by atoms with E-state index < -0.39 is 0 Å². The molecule has 2 heteroatoms. The van der Waals surface area contributed by atoms with E-state index in [1.54, 1.807) is 0 Å². The number of hydrogen-bond donors (Lipinski definition) is 1. The molecule has 0 amide bonds. The van der Waals surface area contributed by atoms with Crippen molar-refractivity contribution in [3.63, 3.8) is 0 Å². The monoisotopic (exact) mass is 278 g/mol. The van der Waals surface area contributed by atoms with Crippen LogP contribution in [0.4, 0.5) is 0 Å². The highest BCUT2D eigenvalue weighted by Crippen LogP contribution is 2.40. The Bertz CT molecular complexity index is 323. The largest absolute Gasteiger partial charge is 0.327 e. The first-order chi connectivity index (χ1) is 9.58. The molecule has 4 atom stereocenters. The molecule has 0 spiro atoms. The zero-order valence-corrected chi connectivity index (χ0v) is 13.6. The van der Waals surface area contributed by atoms with Crippen LogP contribution in [-0.2, 0) is 0 Å². The Balaban J connectivity index is 1.64. The van der Waals surface area contributed by atoms with Crippen LogP contribution in [-0.4, -0.2) is 30.1 Å². The van der Waals surface area contributed by atoms with Gasteiger partial charge >= 0.3 is 0 Å². The summed E-state index contributed by atoms with van der Waals surface area (Å²) in [7, 11) is 0. The van der Waals surface area contributed by atoms with Gasteiger partial charge in [0.25, 0.3) is 0 Å². The van der Waals surface area contributed by atoms with Gasteiger partial charge in [0.2, 0.25) is 0 Å². The Kier molecular flexibility index (Phi) is 4.42. The van der Waals surface area contributed by atoms with Gasteiger partial charge in [-0.1, -0.05) is 33.1 Å². The molecule has 1 heterocycles. The van der Waals surface area contributed by atoms with Crippen LogP contribution in [0.2, 0.25) is 0 Å². The van der Waals surface area contributed by atoms with Crippen molar-refractivity contribution in [3.05, 3.63) is 0 Å². The number of piperidine rings is 1. The molecule has 2 aliphatic carbocycles. The van der Waals surface area contributed by atoms with Gasteiger partial charge in [-0.05, 0) is 62.3 Å². The summed E-state index contributed by atoms with van der Waals surface area (Å²) in [6.45, 7) is 7.38. The highest BCUT2D eigenvalue weighted by atomic mass is 15.2. The van der Waals surface area contributed by atoms with Crippen LogP contribution in [0.15, 0.2) is 0 Å². The third-order valence-electron chi connectivity index (χ3n) is 6.63. The van der Waals surface area contributed by atoms with Crippen molar-refractivity contribution >= 4 is 0 Å². The second kappa shape index (κ2) is 5.96. The third-order valence-corrected chi connectivity index (χ3v) is 6.63. The maximum absolute atomic E-state index is 6.62. The van der Waals surface area contributed by atoms with E-state index in [2.05, 4.69) is 18.7 Å². The van der Waals surface area contributed by atoms with Crippen molar-refractivity contribution in [2.45, 2.75) is 83.7 Å². The SMILES string of the molecule is CC1(C)CCCC(CN2CCC[C@H]3CCCC[C@H]32)C1N. The van der Waals surface area contributed by atoms with E-state index in [0.29, 0.717) is 11.5 Å². The van der Waals surface area contributed by atoms with Crippen molar-refractivity contribution in [1.82, 2.24) is 4.90 Å². The summed E-state index contributed by atoms with van der Waals surface area (Å²) >= 11 is 0. The minimum Gasteiger partial charge on any atom is -0.327 e. The number of nitrogens with zero attached hydrogens (tertiary/aromatic N) is 1. The fraction of sp³-hybridized carbons (Fsp3) is 1.00. The van der Waals surface area contributed by atoms with Crippen molar-refractivity contribution in [2.24, 2.45) is 23.0 Å². The summed E-state index contributed by atoms with van der Waals surface area (Å²) in [5.41, 5.74) is 6.97. The highest BCUT2D eigenvalue weighted by molar-refractivity contribution is 4.95. The highest BCUT2D eigenvalue weighted by Gasteiger charge is 2.40. The first kappa shape index (κ1) is 14.8. The van der Waals surface area contributed by atoms with E-state index in [-0.39, 0.29) is 0 Å². The summed E-state index contributed by atoms with van der Waals surface area (Å²) in [6, 6.07) is 1.30. The first-order valence-electron chi connectivity index (χ1n) is 9.07. The van der Waals surface area contributed by atoms with Gasteiger partial charge in [-0.25, -0.2) is 0 Å². The lowest BCUT2D eigenvalue weighted by molar-refractivity contribution is 0.0242. The summed E-state index contributed by atoms with van der Waals surface area (Å²) in [5.74, 6) is 1.74. The average Bonchev–Trinajstić information content (AvgIpc) is 2.44. The molecule has 0 aromatic rings. The van der Waals surface area contributed by atoms with E-state index in [1.807, 2.05) is 0 Å². The predicted octanol–water partition coefficient (Wildman–Crippen LogP) is 3.79. The zero-order valence-electron chi connectivity index (χ0n) is 13.6. The van der Waals surface area contributed by atoms with Gasteiger partial charge in [-0.15, -0.1) is 0 Å². The van der Waals surface area contributed by atoms with Gasteiger partial charge < -0.3 is 5.73 Å². The van der Waals surface area contributed by atoms with Gasteiger partial charge in [0.05, 0.1) is 0 Å². The maximum Gasteiger partial charge on any atom is 0.0131 e. The molecule has 1 saturated heterocycles. The molecule has 3 aliphatic rings.